The van der Waals surface area contributed by atoms with Crippen molar-refractivity contribution in [3.63, 3.8) is 0 Å². The van der Waals surface area contributed by atoms with E-state index < -0.39 is 11.7 Å². The number of carbonyl (C=O) groups is 3. The summed E-state index contributed by atoms with van der Waals surface area (Å²) >= 11 is 0. The summed E-state index contributed by atoms with van der Waals surface area (Å²) in [5.41, 5.74) is 1.39. The van der Waals surface area contributed by atoms with Crippen LogP contribution in [-0.4, -0.2) is 30.7 Å². The fourth-order valence-electron chi connectivity index (χ4n) is 2.55. The normalized spacial score (nSPS) is 13.0. The Labute approximate surface area is 139 Å². The van der Waals surface area contributed by atoms with E-state index in [1.807, 2.05) is 6.92 Å². The van der Waals surface area contributed by atoms with Gasteiger partial charge in [0.2, 0.25) is 5.91 Å². The van der Waals surface area contributed by atoms with E-state index in [9.17, 15) is 14.4 Å². The summed E-state index contributed by atoms with van der Waals surface area (Å²) in [7, 11) is 0. The molecule has 0 aromatic heterocycles. The van der Waals surface area contributed by atoms with Gasteiger partial charge < -0.3 is 10.1 Å². The Morgan fingerprint density at radius 2 is 1.79 bits per heavy atom. The largest absolute Gasteiger partial charge is 0.494 e. The summed E-state index contributed by atoms with van der Waals surface area (Å²) in [5, 5.41) is 2.70. The molecule has 0 radical (unpaired) electrons. The molecule has 1 aliphatic rings. The maximum absolute atomic E-state index is 12.2. The third-order valence-electron chi connectivity index (χ3n) is 3.63. The van der Waals surface area contributed by atoms with Crippen LogP contribution in [0.2, 0.25) is 0 Å². The minimum Gasteiger partial charge on any atom is -0.494 e. The third-order valence-corrected chi connectivity index (χ3v) is 3.63. The van der Waals surface area contributed by atoms with Crippen LogP contribution in [-0.2, 0) is 9.59 Å². The molecule has 6 nitrogen and oxygen atoms in total. The van der Waals surface area contributed by atoms with E-state index in [4.69, 9.17) is 4.74 Å². The molecule has 0 saturated carbocycles. The van der Waals surface area contributed by atoms with Gasteiger partial charge in [0.1, 0.15) is 12.3 Å². The van der Waals surface area contributed by atoms with Gasteiger partial charge in [-0.15, -0.1) is 0 Å². The van der Waals surface area contributed by atoms with Gasteiger partial charge in [0.15, 0.2) is 0 Å². The van der Waals surface area contributed by atoms with Gasteiger partial charge in [0.05, 0.1) is 17.9 Å². The van der Waals surface area contributed by atoms with Crippen molar-refractivity contribution in [1.82, 2.24) is 0 Å². The molecule has 1 N–H and O–H groups in total. The molecule has 2 aromatic carbocycles. The smallest absolute Gasteiger partial charge is 0.299 e. The van der Waals surface area contributed by atoms with E-state index in [2.05, 4.69) is 5.32 Å². The number of amides is 2. The standard InChI is InChI=1S/C18H16N2O4/c1-2-24-13-9-7-12(8-10-13)19-16(21)11-20-15-6-4-3-5-14(15)17(22)18(20)23/h3-10H,2,11H2,1H3,(H,19,21). The van der Waals surface area contributed by atoms with Crippen LogP contribution in [0.3, 0.4) is 0 Å². The Balaban J connectivity index is 1.69. The zero-order valence-corrected chi connectivity index (χ0v) is 13.1. The maximum Gasteiger partial charge on any atom is 0.299 e. The summed E-state index contributed by atoms with van der Waals surface area (Å²) in [6.07, 6.45) is 0. The molecule has 2 amide bonds. The van der Waals surface area contributed by atoms with Gasteiger partial charge in [0, 0.05) is 5.69 Å². The SMILES string of the molecule is CCOc1ccc(NC(=O)CN2C(=O)C(=O)c3ccccc32)cc1. The van der Waals surface area contributed by atoms with E-state index in [1.54, 1.807) is 48.5 Å². The van der Waals surface area contributed by atoms with Crippen molar-refractivity contribution >= 4 is 29.0 Å². The average Bonchev–Trinajstić information content (AvgIpc) is 2.82. The topological polar surface area (TPSA) is 75.7 Å². The van der Waals surface area contributed by atoms with Crippen molar-refractivity contribution in [3.05, 3.63) is 54.1 Å². The summed E-state index contributed by atoms with van der Waals surface area (Å²) in [6, 6.07) is 13.6. The number of ether oxygens (including phenoxy) is 1. The first-order chi connectivity index (χ1) is 11.6. The van der Waals surface area contributed by atoms with Crippen LogP contribution in [0.25, 0.3) is 0 Å². The molecule has 2 aromatic rings. The number of hydrogen-bond donors (Lipinski definition) is 1. The second-order valence-corrected chi connectivity index (χ2v) is 5.24. The van der Waals surface area contributed by atoms with Crippen molar-refractivity contribution in [2.24, 2.45) is 0 Å². The van der Waals surface area contributed by atoms with E-state index in [0.29, 0.717) is 29.3 Å². The molecule has 24 heavy (non-hydrogen) atoms. The molecule has 6 heteroatoms. The lowest BCUT2D eigenvalue weighted by Gasteiger charge is -2.16. The molecule has 1 aliphatic heterocycles. The summed E-state index contributed by atoms with van der Waals surface area (Å²) < 4.78 is 5.34. The zero-order valence-electron chi connectivity index (χ0n) is 13.1. The van der Waals surface area contributed by atoms with Crippen molar-refractivity contribution in [2.75, 3.05) is 23.4 Å². The highest BCUT2D eigenvalue weighted by Crippen LogP contribution is 2.28. The molecule has 1 heterocycles. The number of anilines is 2. The van der Waals surface area contributed by atoms with Crippen LogP contribution < -0.4 is 15.0 Å². The number of hydrogen-bond acceptors (Lipinski definition) is 4. The van der Waals surface area contributed by atoms with E-state index in [0.717, 1.165) is 0 Å². The number of benzene rings is 2. The maximum atomic E-state index is 12.2. The first-order valence-corrected chi connectivity index (χ1v) is 7.58. The highest BCUT2D eigenvalue weighted by atomic mass is 16.5. The molecular weight excluding hydrogens is 308 g/mol. The number of fused-ring (bicyclic) bond motifs is 1. The average molecular weight is 324 g/mol. The van der Waals surface area contributed by atoms with Crippen molar-refractivity contribution in [3.8, 4) is 5.75 Å². The molecule has 0 bridgehead atoms. The third kappa shape index (κ3) is 2.99. The second kappa shape index (κ2) is 6.54. The van der Waals surface area contributed by atoms with Gasteiger partial charge in [-0.1, -0.05) is 12.1 Å². The molecule has 3 rings (SSSR count). The lowest BCUT2D eigenvalue weighted by molar-refractivity contribution is -0.118. The Bertz CT molecular complexity index is 799. The lowest BCUT2D eigenvalue weighted by Crippen LogP contribution is -2.37. The molecule has 0 saturated heterocycles. The monoisotopic (exact) mass is 324 g/mol. The van der Waals surface area contributed by atoms with Gasteiger partial charge in [-0.3, -0.25) is 19.3 Å². The number of ketones is 1. The van der Waals surface area contributed by atoms with E-state index in [-0.39, 0.29) is 12.5 Å². The van der Waals surface area contributed by atoms with Crippen LogP contribution in [0.1, 0.15) is 17.3 Å². The van der Waals surface area contributed by atoms with Crippen LogP contribution in [0, 0.1) is 0 Å². The molecule has 122 valence electrons. The highest BCUT2D eigenvalue weighted by Gasteiger charge is 2.36. The quantitative estimate of drug-likeness (QED) is 0.856. The second-order valence-electron chi connectivity index (χ2n) is 5.24. The zero-order chi connectivity index (χ0) is 17.1. The lowest BCUT2D eigenvalue weighted by atomic mass is 10.1. The summed E-state index contributed by atoms with van der Waals surface area (Å²) in [4.78, 5) is 37.3. The highest BCUT2D eigenvalue weighted by molar-refractivity contribution is 6.52. The van der Waals surface area contributed by atoms with Crippen molar-refractivity contribution < 1.29 is 19.1 Å². The van der Waals surface area contributed by atoms with Crippen molar-refractivity contribution in [2.45, 2.75) is 6.92 Å². The van der Waals surface area contributed by atoms with Gasteiger partial charge in [0.25, 0.3) is 11.7 Å². The molecule has 0 unspecified atom stereocenters. The first-order valence-electron chi connectivity index (χ1n) is 7.58. The minimum atomic E-state index is -0.682. The minimum absolute atomic E-state index is 0.213. The number of para-hydroxylation sites is 1. The molecule has 0 atom stereocenters. The number of rotatable bonds is 5. The predicted octanol–water partition coefficient (Wildman–Crippen LogP) is 2.25. The van der Waals surface area contributed by atoms with E-state index >= 15 is 0 Å². The van der Waals surface area contributed by atoms with Crippen LogP contribution in [0.15, 0.2) is 48.5 Å². The van der Waals surface area contributed by atoms with Gasteiger partial charge in [-0.2, -0.15) is 0 Å². The molecule has 0 fully saturated rings. The number of carbonyl (C=O) groups excluding carboxylic acids is 3. The van der Waals surface area contributed by atoms with Gasteiger partial charge >= 0.3 is 0 Å². The molecular formula is C18H16N2O4. The van der Waals surface area contributed by atoms with Crippen molar-refractivity contribution in [1.29, 1.82) is 0 Å². The number of nitrogens with zero attached hydrogens (tertiary/aromatic N) is 1. The fourth-order valence-corrected chi connectivity index (χ4v) is 2.55. The van der Waals surface area contributed by atoms with Crippen LogP contribution in [0.5, 0.6) is 5.75 Å². The summed E-state index contributed by atoms with van der Waals surface area (Å²) in [5.74, 6) is -0.931. The Morgan fingerprint density at radius 1 is 1.08 bits per heavy atom. The Kier molecular flexibility index (Phi) is 4.29. The fraction of sp³-hybridized carbons (Fsp3) is 0.167. The Hall–Kier alpha value is -3.15. The molecule has 0 spiro atoms. The van der Waals surface area contributed by atoms with Gasteiger partial charge in [-0.05, 0) is 43.3 Å². The summed E-state index contributed by atoms with van der Waals surface area (Å²) in [6.45, 7) is 2.24. The Morgan fingerprint density at radius 3 is 2.50 bits per heavy atom. The number of Topliss-reactive ketones (excluding diaryl/α,β-unsaturated/α-hetero) is 1. The van der Waals surface area contributed by atoms with Crippen LogP contribution in [0.4, 0.5) is 11.4 Å². The van der Waals surface area contributed by atoms with E-state index in [1.165, 1.54) is 4.90 Å². The van der Waals surface area contributed by atoms with Crippen LogP contribution >= 0.6 is 0 Å². The molecule has 0 aliphatic carbocycles. The first kappa shape index (κ1) is 15.7. The number of nitrogens with one attached hydrogen (secondary N) is 1. The predicted molar refractivity (Wildman–Crippen MR) is 89.4 cm³/mol. The van der Waals surface area contributed by atoms with Gasteiger partial charge in [-0.25, -0.2) is 0 Å².